The summed E-state index contributed by atoms with van der Waals surface area (Å²) in [5, 5.41) is 2.90. The van der Waals surface area contributed by atoms with E-state index in [1.54, 1.807) is 12.1 Å². The van der Waals surface area contributed by atoms with Gasteiger partial charge in [0.05, 0.1) is 0 Å². The summed E-state index contributed by atoms with van der Waals surface area (Å²) < 4.78 is 0. The molecule has 0 spiro atoms. The molecule has 0 bridgehead atoms. The molecule has 1 amide bonds. The van der Waals surface area contributed by atoms with E-state index in [-0.39, 0.29) is 11.4 Å². The van der Waals surface area contributed by atoms with Crippen LogP contribution in [0.4, 0.5) is 11.4 Å². The highest BCUT2D eigenvalue weighted by molar-refractivity contribution is 5.90. The van der Waals surface area contributed by atoms with Gasteiger partial charge in [-0.3, -0.25) is 9.69 Å². The predicted octanol–water partition coefficient (Wildman–Crippen LogP) is 2.47. The van der Waals surface area contributed by atoms with E-state index in [1.807, 2.05) is 12.1 Å². The number of nitrogens with zero attached hydrogens (tertiary/aromatic N) is 1. The first-order valence-corrected chi connectivity index (χ1v) is 6.88. The normalized spacial score (nSPS) is 18.4. The predicted molar refractivity (Wildman–Crippen MR) is 79.0 cm³/mol. The van der Waals surface area contributed by atoms with Crippen molar-refractivity contribution < 1.29 is 4.79 Å². The van der Waals surface area contributed by atoms with Crippen molar-refractivity contribution in [1.82, 2.24) is 4.90 Å². The molecule has 4 nitrogen and oxygen atoms in total. The second kappa shape index (κ2) is 5.61. The first-order chi connectivity index (χ1) is 8.97. The third kappa shape index (κ3) is 3.70. The molecule has 1 heterocycles. The fraction of sp³-hybridized carbons (Fsp3) is 0.533. The standard InChI is InChI=1S/C15H23N3O/c1-15(2)9-3-10-18(15)11-8-14(19)17-13-6-4-12(16)5-7-13/h4-7H,3,8-11,16H2,1-2H3,(H,17,19). The Morgan fingerprint density at radius 1 is 1.37 bits per heavy atom. The molecule has 19 heavy (non-hydrogen) atoms. The maximum atomic E-state index is 11.9. The molecule has 1 aliphatic heterocycles. The summed E-state index contributed by atoms with van der Waals surface area (Å²) >= 11 is 0. The Kier molecular flexibility index (Phi) is 4.10. The highest BCUT2D eigenvalue weighted by Crippen LogP contribution is 2.27. The first kappa shape index (κ1) is 13.9. The van der Waals surface area contributed by atoms with Gasteiger partial charge in [0.1, 0.15) is 0 Å². The number of carbonyl (C=O) groups excluding carboxylic acids is 1. The largest absolute Gasteiger partial charge is 0.399 e. The van der Waals surface area contributed by atoms with Crippen molar-refractivity contribution in [2.24, 2.45) is 0 Å². The lowest BCUT2D eigenvalue weighted by atomic mass is 10.0. The van der Waals surface area contributed by atoms with E-state index in [2.05, 4.69) is 24.1 Å². The van der Waals surface area contributed by atoms with Gasteiger partial charge in [-0.25, -0.2) is 0 Å². The Morgan fingerprint density at radius 2 is 2.05 bits per heavy atom. The van der Waals surface area contributed by atoms with E-state index in [1.165, 1.54) is 12.8 Å². The quantitative estimate of drug-likeness (QED) is 0.819. The number of amides is 1. The van der Waals surface area contributed by atoms with Crippen LogP contribution < -0.4 is 11.1 Å². The van der Waals surface area contributed by atoms with Crippen LogP contribution in [0, 0.1) is 0 Å². The molecular weight excluding hydrogens is 238 g/mol. The second-order valence-electron chi connectivity index (χ2n) is 5.82. The number of benzene rings is 1. The van der Waals surface area contributed by atoms with Crippen LogP contribution in [0.25, 0.3) is 0 Å². The molecule has 104 valence electrons. The monoisotopic (exact) mass is 261 g/mol. The number of nitrogens with two attached hydrogens (primary N) is 1. The smallest absolute Gasteiger partial charge is 0.225 e. The van der Waals surface area contributed by atoms with Crippen LogP contribution >= 0.6 is 0 Å². The van der Waals surface area contributed by atoms with E-state index in [0.717, 1.165) is 18.8 Å². The minimum absolute atomic E-state index is 0.0625. The highest BCUT2D eigenvalue weighted by Gasteiger charge is 2.31. The number of anilines is 2. The number of nitrogens with one attached hydrogen (secondary N) is 1. The van der Waals surface area contributed by atoms with Gasteiger partial charge in [-0.05, 0) is 57.5 Å². The Balaban J connectivity index is 1.80. The van der Waals surface area contributed by atoms with E-state index in [4.69, 9.17) is 5.73 Å². The van der Waals surface area contributed by atoms with Gasteiger partial charge < -0.3 is 11.1 Å². The Hall–Kier alpha value is -1.55. The highest BCUT2D eigenvalue weighted by atomic mass is 16.1. The van der Waals surface area contributed by atoms with Crippen LogP contribution in [-0.2, 0) is 4.79 Å². The van der Waals surface area contributed by atoms with Gasteiger partial charge in [0, 0.05) is 29.9 Å². The van der Waals surface area contributed by atoms with Gasteiger partial charge >= 0.3 is 0 Å². The number of nitrogen functional groups attached to an aromatic ring is 1. The molecule has 1 aliphatic rings. The van der Waals surface area contributed by atoms with Crippen LogP contribution in [0.2, 0.25) is 0 Å². The maximum absolute atomic E-state index is 11.9. The van der Waals surface area contributed by atoms with Crippen molar-refractivity contribution in [2.75, 3.05) is 24.1 Å². The summed E-state index contributed by atoms with van der Waals surface area (Å²) in [6.45, 7) is 6.42. The number of hydrogen-bond acceptors (Lipinski definition) is 3. The molecule has 1 fully saturated rings. The lowest BCUT2D eigenvalue weighted by Gasteiger charge is -2.31. The summed E-state index contributed by atoms with van der Waals surface area (Å²) in [4.78, 5) is 14.3. The fourth-order valence-electron chi connectivity index (χ4n) is 2.60. The molecule has 0 saturated carbocycles. The third-order valence-electron chi connectivity index (χ3n) is 3.88. The third-order valence-corrected chi connectivity index (χ3v) is 3.88. The van der Waals surface area contributed by atoms with Crippen LogP contribution in [0.1, 0.15) is 33.1 Å². The lowest BCUT2D eigenvalue weighted by Crippen LogP contribution is -2.39. The zero-order valence-electron chi connectivity index (χ0n) is 11.8. The average molecular weight is 261 g/mol. The first-order valence-electron chi connectivity index (χ1n) is 6.88. The van der Waals surface area contributed by atoms with Crippen molar-refractivity contribution in [3.8, 4) is 0 Å². The van der Waals surface area contributed by atoms with E-state index >= 15 is 0 Å². The molecule has 1 aromatic carbocycles. The van der Waals surface area contributed by atoms with Crippen molar-refractivity contribution in [3.05, 3.63) is 24.3 Å². The van der Waals surface area contributed by atoms with Gasteiger partial charge in [-0.2, -0.15) is 0 Å². The van der Waals surface area contributed by atoms with Crippen molar-refractivity contribution in [1.29, 1.82) is 0 Å². The summed E-state index contributed by atoms with van der Waals surface area (Å²) in [6.07, 6.45) is 2.98. The fourth-order valence-corrected chi connectivity index (χ4v) is 2.60. The number of carbonyl (C=O) groups is 1. The zero-order chi connectivity index (χ0) is 13.9. The van der Waals surface area contributed by atoms with Gasteiger partial charge in [-0.15, -0.1) is 0 Å². The van der Waals surface area contributed by atoms with Gasteiger partial charge in [0.15, 0.2) is 0 Å². The molecule has 0 radical (unpaired) electrons. The molecule has 1 aromatic rings. The topological polar surface area (TPSA) is 58.4 Å². The SMILES string of the molecule is CC1(C)CCCN1CCC(=O)Nc1ccc(N)cc1. The Morgan fingerprint density at radius 3 is 2.63 bits per heavy atom. The molecule has 4 heteroatoms. The average Bonchev–Trinajstić information content (AvgIpc) is 2.69. The molecule has 3 N–H and O–H groups in total. The van der Waals surface area contributed by atoms with Crippen LogP contribution in [-0.4, -0.2) is 29.4 Å². The molecule has 2 rings (SSSR count). The van der Waals surface area contributed by atoms with E-state index in [9.17, 15) is 4.79 Å². The Bertz CT molecular complexity index is 439. The summed E-state index contributed by atoms with van der Waals surface area (Å²) in [5.41, 5.74) is 7.36. The zero-order valence-corrected chi connectivity index (χ0v) is 11.8. The number of hydrogen-bond donors (Lipinski definition) is 2. The van der Waals surface area contributed by atoms with Gasteiger partial charge in [0.25, 0.3) is 0 Å². The van der Waals surface area contributed by atoms with Gasteiger partial charge in [-0.1, -0.05) is 0 Å². The van der Waals surface area contributed by atoms with Crippen molar-refractivity contribution >= 4 is 17.3 Å². The van der Waals surface area contributed by atoms with Crippen LogP contribution in [0.15, 0.2) is 24.3 Å². The molecular formula is C15H23N3O. The summed E-state index contributed by atoms with van der Waals surface area (Å²) in [5.74, 6) is 0.0625. The number of rotatable bonds is 4. The molecule has 0 aliphatic carbocycles. The van der Waals surface area contributed by atoms with Crippen molar-refractivity contribution in [3.63, 3.8) is 0 Å². The van der Waals surface area contributed by atoms with Crippen molar-refractivity contribution in [2.45, 2.75) is 38.6 Å². The minimum Gasteiger partial charge on any atom is -0.399 e. The number of likely N-dealkylation sites (tertiary alicyclic amines) is 1. The second-order valence-corrected chi connectivity index (χ2v) is 5.82. The molecule has 1 saturated heterocycles. The molecule has 0 aromatic heterocycles. The summed E-state index contributed by atoms with van der Waals surface area (Å²) in [7, 11) is 0. The molecule has 0 unspecified atom stereocenters. The van der Waals surface area contributed by atoms with E-state index < -0.39 is 0 Å². The van der Waals surface area contributed by atoms with Crippen LogP contribution in [0.5, 0.6) is 0 Å². The minimum atomic E-state index is 0.0625. The van der Waals surface area contributed by atoms with Gasteiger partial charge in [0.2, 0.25) is 5.91 Å². The lowest BCUT2D eigenvalue weighted by molar-refractivity contribution is -0.116. The molecule has 0 atom stereocenters. The Labute approximate surface area is 115 Å². The summed E-state index contributed by atoms with van der Waals surface area (Å²) in [6, 6.07) is 7.23. The van der Waals surface area contributed by atoms with E-state index in [0.29, 0.717) is 12.1 Å². The van der Waals surface area contributed by atoms with Crippen LogP contribution in [0.3, 0.4) is 0 Å². The maximum Gasteiger partial charge on any atom is 0.225 e.